The van der Waals surface area contributed by atoms with Crippen LogP contribution >= 0.6 is 34.8 Å². The van der Waals surface area contributed by atoms with Crippen LogP contribution in [-0.2, 0) is 4.74 Å². The average molecular weight is 310 g/mol. The molecule has 0 fully saturated rings. The number of hydrogen-bond donors (Lipinski definition) is 0. The molecule has 1 aromatic rings. The van der Waals surface area contributed by atoms with Crippen molar-refractivity contribution in [2.45, 2.75) is 0 Å². The summed E-state index contributed by atoms with van der Waals surface area (Å²) in [6.07, 6.45) is 0. The third-order valence-corrected chi connectivity index (χ3v) is 2.70. The topological polar surface area (TPSA) is 64.7 Å². The van der Waals surface area contributed by atoms with Gasteiger partial charge in [-0.15, -0.1) is 0 Å². The minimum Gasteiger partial charge on any atom is -0.481 e. The Morgan fingerprint density at radius 2 is 1.83 bits per heavy atom. The van der Waals surface area contributed by atoms with Crippen LogP contribution < -0.4 is 0 Å². The van der Waals surface area contributed by atoms with Crippen molar-refractivity contribution in [3.63, 3.8) is 0 Å². The molecule has 1 aromatic carbocycles. The van der Waals surface area contributed by atoms with Gasteiger partial charge in [0.1, 0.15) is 4.49 Å². The molecule has 0 aliphatic rings. The van der Waals surface area contributed by atoms with Gasteiger partial charge in [0, 0.05) is 17.7 Å². The van der Waals surface area contributed by atoms with Crippen LogP contribution in [0.2, 0.25) is 0 Å². The lowest BCUT2D eigenvalue weighted by Gasteiger charge is -2.04. The van der Waals surface area contributed by atoms with Gasteiger partial charge in [0.05, 0.1) is 12.0 Å². The number of nitro benzene ring substituents is 1. The van der Waals surface area contributed by atoms with Crippen molar-refractivity contribution in [3.05, 3.63) is 49.6 Å². The fourth-order valence-corrected chi connectivity index (χ4v) is 1.25. The summed E-state index contributed by atoms with van der Waals surface area (Å²) < 4.78 is 4.80. The van der Waals surface area contributed by atoms with Gasteiger partial charge in [-0.05, 0) is 12.1 Å². The SMILES string of the molecule is CO/C(=N\C(Cl)=C(Cl)Cl)c1ccc([N+](=O)[O-])cc1. The van der Waals surface area contributed by atoms with Gasteiger partial charge >= 0.3 is 0 Å². The first-order valence-corrected chi connectivity index (χ1v) is 5.67. The van der Waals surface area contributed by atoms with Gasteiger partial charge < -0.3 is 4.74 Å². The Hall–Kier alpha value is -1.30. The van der Waals surface area contributed by atoms with E-state index in [4.69, 9.17) is 39.5 Å². The fraction of sp³-hybridized carbons (Fsp3) is 0.100. The zero-order valence-electron chi connectivity index (χ0n) is 9.06. The molecular weight excluding hydrogens is 302 g/mol. The van der Waals surface area contributed by atoms with Crippen molar-refractivity contribution in [2.75, 3.05) is 7.11 Å². The fourth-order valence-electron chi connectivity index (χ4n) is 1.09. The molecule has 8 heteroatoms. The summed E-state index contributed by atoms with van der Waals surface area (Å²) in [6.45, 7) is 0. The van der Waals surface area contributed by atoms with E-state index in [2.05, 4.69) is 4.99 Å². The highest BCUT2D eigenvalue weighted by atomic mass is 35.5. The molecule has 1 rings (SSSR count). The molecule has 0 saturated heterocycles. The van der Waals surface area contributed by atoms with Gasteiger partial charge in [-0.3, -0.25) is 10.1 Å². The Balaban J connectivity index is 3.11. The molecule has 0 saturated carbocycles. The van der Waals surface area contributed by atoms with Crippen molar-refractivity contribution in [1.82, 2.24) is 0 Å². The molecule has 0 spiro atoms. The molecule has 0 amide bonds. The Kier molecular flexibility index (Phi) is 5.40. The molecule has 96 valence electrons. The Morgan fingerprint density at radius 1 is 1.28 bits per heavy atom. The maximum Gasteiger partial charge on any atom is 0.269 e. The van der Waals surface area contributed by atoms with Gasteiger partial charge in [0.2, 0.25) is 5.90 Å². The highest BCUT2D eigenvalue weighted by molar-refractivity contribution is 6.59. The molecule has 0 aromatic heterocycles. The second kappa shape index (κ2) is 6.58. The van der Waals surface area contributed by atoms with E-state index in [1.54, 1.807) is 0 Å². The van der Waals surface area contributed by atoms with Crippen LogP contribution in [0, 0.1) is 10.1 Å². The van der Waals surface area contributed by atoms with Crippen molar-refractivity contribution < 1.29 is 9.66 Å². The second-order valence-corrected chi connectivity index (χ2v) is 4.28. The summed E-state index contributed by atoms with van der Waals surface area (Å²) >= 11 is 16.6. The van der Waals surface area contributed by atoms with Crippen LogP contribution in [0.25, 0.3) is 0 Å². The summed E-state index contributed by atoms with van der Waals surface area (Å²) in [5.74, 6) is 0.147. The highest BCUT2D eigenvalue weighted by Gasteiger charge is 2.09. The highest BCUT2D eigenvalue weighted by Crippen LogP contribution is 2.20. The van der Waals surface area contributed by atoms with Crippen molar-refractivity contribution in [2.24, 2.45) is 4.99 Å². The average Bonchev–Trinajstić information content (AvgIpc) is 2.35. The first kappa shape index (κ1) is 14.8. The lowest BCUT2D eigenvalue weighted by atomic mass is 10.2. The molecule has 0 aliphatic carbocycles. The molecule has 0 N–H and O–H groups in total. The van der Waals surface area contributed by atoms with E-state index in [1.165, 1.54) is 31.4 Å². The number of nitrogens with zero attached hydrogens (tertiary/aromatic N) is 2. The van der Waals surface area contributed by atoms with E-state index in [0.29, 0.717) is 5.56 Å². The number of nitro groups is 1. The van der Waals surface area contributed by atoms with E-state index in [9.17, 15) is 10.1 Å². The summed E-state index contributed by atoms with van der Waals surface area (Å²) in [5.41, 5.74) is 0.474. The van der Waals surface area contributed by atoms with E-state index in [1.807, 2.05) is 0 Å². The van der Waals surface area contributed by atoms with Crippen LogP contribution in [0.5, 0.6) is 0 Å². The number of hydrogen-bond acceptors (Lipinski definition) is 4. The molecule has 0 bridgehead atoms. The maximum atomic E-state index is 10.5. The Morgan fingerprint density at radius 3 is 2.22 bits per heavy atom. The van der Waals surface area contributed by atoms with Gasteiger partial charge in [-0.1, -0.05) is 34.8 Å². The van der Waals surface area contributed by atoms with E-state index in [0.717, 1.165) is 0 Å². The molecular formula is C10H7Cl3N2O3. The molecule has 0 aliphatic heterocycles. The molecule has 18 heavy (non-hydrogen) atoms. The predicted octanol–water partition coefficient (Wildman–Crippen LogP) is 3.83. The number of halogens is 3. The number of methoxy groups -OCH3 is 1. The monoisotopic (exact) mass is 308 g/mol. The van der Waals surface area contributed by atoms with Gasteiger partial charge in [-0.25, -0.2) is 0 Å². The zero-order valence-corrected chi connectivity index (χ0v) is 11.3. The van der Waals surface area contributed by atoms with Gasteiger partial charge in [-0.2, -0.15) is 4.99 Å². The van der Waals surface area contributed by atoms with Crippen molar-refractivity contribution in [1.29, 1.82) is 0 Å². The third-order valence-electron chi connectivity index (χ3n) is 1.87. The van der Waals surface area contributed by atoms with E-state index in [-0.39, 0.29) is 21.2 Å². The number of non-ortho nitro benzene ring substituents is 1. The number of ether oxygens (including phenoxy) is 1. The standard InChI is InChI=1S/C10H7Cl3N2O3/c1-18-10(14-9(13)8(11)12)6-2-4-7(5-3-6)15(16)17/h2-5H,1H3/b14-10-. The normalized spacial score (nSPS) is 11.0. The summed E-state index contributed by atoms with van der Waals surface area (Å²) in [7, 11) is 1.38. The number of benzene rings is 1. The predicted molar refractivity (Wildman–Crippen MR) is 71.2 cm³/mol. The lowest BCUT2D eigenvalue weighted by molar-refractivity contribution is -0.384. The Labute approximate surface area is 118 Å². The van der Waals surface area contributed by atoms with Gasteiger partial charge in [0.25, 0.3) is 5.69 Å². The summed E-state index contributed by atoms with van der Waals surface area (Å²) in [6, 6.07) is 5.60. The minimum atomic E-state index is -0.504. The second-order valence-electron chi connectivity index (χ2n) is 2.98. The largest absolute Gasteiger partial charge is 0.481 e. The number of rotatable bonds is 3. The molecule has 0 heterocycles. The number of aliphatic imine (C=N–C) groups is 1. The zero-order chi connectivity index (χ0) is 13.7. The molecule has 5 nitrogen and oxygen atoms in total. The van der Waals surface area contributed by atoms with Crippen molar-refractivity contribution in [3.8, 4) is 0 Å². The third kappa shape index (κ3) is 3.87. The smallest absolute Gasteiger partial charge is 0.269 e. The van der Waals surface area contributed by atoms with Crippen LogP contribution in [0.1, 0.15) is 5.56 Å². The van der Waals surface area contributed by atoms with Crippen LogP contribution in [0.3, 0.4) is 0 Å². The maximum absolute atomic E-state index is 10.5. The molecule has 0 atom stereocenters. The Bertz CT molecular complexity index is 508. The lowest BCUT2D eigenvalue weighted by Crippen LogP contribution is -2.03. The first-order valence-electron chi connectivity index (χ1n) is 4.54. The summed E-state index contributed by atoms with van der Waals surface area (Å²) in [5, 5.41) is 10.4. The van der Waals surface area contributed by atoms with Gasteiger partial charge in [0.15, 0.2) is 5.16 Å². The molecule has 0 radical (unpaired) electrons. The first-order chi connectivity index (χ1) is 8.45. The van der Waals surface area contributed by atoms with Crippen LogP contribution in [0.15, 0.2) is 38.9 Å². The van der Waals surface area contributed by atoms with Crippen LogP contribution in [-0.4, -0.2) is 17.9 Å². The van der Waals surface area contributed by atoms with Crippen molar-refractivity contribution >= 4 is 46.4 Å². The van der Waals surface area contributed by atoms with Crippen LogP contribution in [0.4, 0.5) is 5.69 Å². The van der Waals surface area contributed by atoms with E-state index < -0.39 is 4.92 Å². The van der Waals surface area contributed by atoms with E-state index >= 15 is 0 Å². The molecule has 0 unspecified atom stereocenters. The minimum absolute atomic E-state index is 0.0359. The quantitative estimate of drug-likeness (QED) is 0.280. The summed E-state index contributed by atoms with van der Waals surface area (Å²) in [4.78, 5) is 13.8.